The number of allylic oxidation sites excluding steroid dienone is 3. The van der Waals surface area contributed by atoms with Crippen molar-refractivity contribution in [3.05, 3.63) is 95.6 Å². The van der Waals surface area contributed by atoms with Gasteiger partial charge in [-0.2, -0.15) is 0 Å². The van der Waals surface area contributed by atoms with Crippen LogP contribution in [0.2, 0.25) is 0 Å². The van der Waals surface area contributed by atoms with Gasteiger partial charge in [-0.25, -0.2) is 0 Å². The molecule has 0 radical (unpaired) electrons. The number of alkyl halides is 3. The van der Waals surface area contributed by atoms with Crippen LogP contribution in [-0.4, -0.2) is 15.9 Å². The first-order chi connectivity index (χ1) is 13.9. The standard InChI is InChI=1S/C23H23Cl3N2O/c24-23(25,26)22(27-16-17-10-4-1-5-11-17)28-21(29)20(18-12-6-2-7-13-18)19-14-8-3-9-15-19/h1-2,4-8,10-15,20,22,27H,3,9,16H2,(H,28,29)/p+1/t20-,22-/m1/s1. The normalized spacial score (nSPS) is 16.0. The lowest BCUT2D eigenvalue weighted by Gasteiger charge is -2.27. The summed E-state index contributed by atoms with van der Waals surface area (Å²) in [5.74, 6) is -0.637. The molecular weight excluding hydrogens is 427 g/mol. The second-order valence-electron chi connectivity index (χ2n) is 6.98. The van der Waals surface area contributed by atoms with Gasteiger partial charge in [-0.05, 0) is 24.0 Å². The summed E-state index contributed by atoms with van der Waals surface area (Å²) in [5, 5.41) is 4.80. The Morgan fingerprint density at radius 1 is 1.00 bits per heavy atom. The summed E-state index contributed by atoms with van der Waals surface area (Å²) >= 11 is 18.6. The Morgan fingerprint density at radius 3 is 2.24 bits per heavy atom. The molecule has 0 aromatic heterocycles. The molecule has 2 aromatic rings. The average molecular weight is 451 g/mol. The molecule has 0 bridgehead atoms. The van der Waals surface area contributed by atoms with E-state index < -0.39 is 15.9 Å². The predicted octanol–water partition coefficient (Wildman–Crippen LogP) is 4.62. The molecule has 0 spiro atoms. The van der Waals surface area contributed by atoms with Gasteiger partial charge in [0.25, 0.3) is 3.79 Å². The van der Waals surface area contributed by atoms with Crippen molar-refractivity contribution in [1.82, 2.24) is 5.32 Å². The van der Waals surface area contributed by atoms with E-state index in [1.807, 2.05) is 72.1 Å². The summed E-state index contributed by atoms with van der Waals surface area (Å²) in [6.07, 6.45) is 7.38. The molecule has 0 saturated carbocycles. The van der Waals surface area contributed by atoms with Gasteiger partial charge in [0.15, 0.2) is 0 Å². The molecule has 0 fully saturated rings. The maximum absolute atomic E-state index is 13.3. The number of carbonyl (C=O) groups excluding carboxylic acids is 1. The van der Waals surface area contributed by atoms with Crippen molar-refractivity contribution >= 4 is 40.7 Å². The van der Waals surface area contributed by atoms with Crippen molar-refractivity contribution in [2.24, 2.45) is 0 Å². The van der Waals surface area contributed by atoms with E-state index >= 15 is 0 Å². The summed E-state index contributed by atoms with van der Waals surface area (Å²) < 4.78 is -1.65. The van der Waals surface area contributed by atoms with E-state index in [2.05, 4.69) is 17.5 Å². The van der Waals surface area contributed by atoms with E-state index in [9.17, 15) is 4.79 Å². The average Bonchev–Trinajstić information content (AvgIpc) is 2.73. The number of hydrogen-bond acceptors (Lipinski definition) is 1. The summed E-state index contributed by atoms with van der Waals surface area (Å²) in [6.45, 7) is 0.582. The van der Waals surface area contributed by atoms with Crippen LogP contribution < -0.4 is 10.6 Å². The first-order valence-corrected chi connectivity index (χ1v) is 10.7. The molecule has 152 valence electrons. The molecule has 1 amide bonds. The Kier molecular flexibility index (Phi) is 7.79. The van der Waals surface area contributed by atoms with Crippen LogP contribution >= 0.6 is 34.8 Å². The molecule has 29 heavy (non-hydrogen) atoms. The number of benzene rings is 2. The minimum Gasteiger partial charge on any atom is -0.319 e. The Balaban J connectivity index is 1.79. The largest absolute Gasteiger partial charge is 0.319 e. The van der Waals surface area contributed by atoms with Gasteiger partial charge >= 0.3 is 0 Å². The Labute approximate surface area is 186 Å². The van der Waals surface area contributed by atoms with Crippen molar-refractivity contribution in [2.45, 2.75) is 35.3 Å². The van der Waals surface area contributed by atoms with Crippen LogP contribution in [0.5, 0.6) is 0 Å². The van der Waals surface area contributed by atoms with Crippen LogP contribution in [0.25, 0.3) is 0 Å². The Hall–Kier alpha value is -1.78. The lowest BCUT2D eigenvalue weighted by Crippen LogP contribution is -2.95. The van der Waals surface area contributed by atoms with E-state index in [0.29, 0.717) is 6.54 Å². The zero-order valence-electron chi connectivity index (χ0n) is 15.9. The summed E-state index contributed by atoms with van der Waals surface area (Å²) in [4.78, 5) is 13.3. The first kappa shape index (κ1) is 21.9. The molecule has 0 aliphatic heterocycles. The van der Waals surface area contributed by atoms with Crippen molar-refractivity contribution in [1.29, 1.82) is 0 Å². The van der Waals surface area contributed by atoms with Crippen molar-refractivity contribution in [3.63, 3.8) is 0 Å². The second-order valence-corrected chi connectivity index (χ2v) is 9.35. The number of rotatable bonds is 7. The van der Waals surface area contributed by atoms with Gasteiger partial charge in [-0.3, -0.25) is 4.79 Å². The summed E-state index contributed by atoms with van der Waals surface area (Å²) in [6, 6.07) is 19.6. The fourth-order valence-electron chi connectivity index (χ4n) is 3.37. The van der Waals surface area contributed by atoms with E-state index in [-0.39, 0.29) is 5.91 Å². The predicted molar refractivity (Wildman–Crippen MR) is 120 cm³/mol. The lowest BCUT2D eigenvalue weighted by atomic mass is 9.87. The summed E-state index contributed by atoms with van der Waals surface area (Å²) in [7, 11) is 0. The highest BCUT2D eigenvalue weighted by Crippen LogP contribution is 2.31. The smallest absolute Gasteiger partial charge is 0.262 e. The van der Waals surface area contributed by atoms with Crippen molar-refractivity contribution < 1.29 is 10.1 Å². The summed E-state index contributed by atoms with van der Waals surface area (Å²) in [5.41, 5.74) is 2.96. The number of carbonyl (C=O) groups is 1. The van der Waals surface area contributed by atoms with Gasteiger partial charge in [0.05, 0.1) is 5.92 Å². The highest BCUT2D eigenvalue weighted by Gasteiger charge is 2.39. The third-order valence-electron chi connectivity index (χ3n) is 4.83. The third kappa shape index (κ3) is 6.35. The molecule has 2 atom stereocenters. The molecule has 2 aromatic carbocycles. The van der Waals surface area contributed by atoms with Gasteiger partial charge in [-0.1, -0.05) is 114 Å². The second kappa shape index (κ2) is 10.3. The number of amides is 1. The van der Waals surface area contributed by atoms with Gasteiger partial charge in [0.2, 0.25) is 12.1 Å². The molecule has 1 aliphatic rings. The number of halogens is 3. The van der Waals surface area contributed by atoms with Gasteiger partial charge in [0, 0.05) is 5.56 Å². The molecule has 3 nitrogen and oxygen atoms in total. The fraction of sp³-hybridized carbons (Fsp3) is 0.261. The van der Waals surface area contributed by atoms with Crippen LogP contribution in [0.4, 0.5) is 0 Å². The quantitative estimate of drug-likeness (QED) is 0.469. The van der Waals surface area contributed by atoms with E-state index in [4.69, 9.17) is 34.8 Å². The minimum atomic E-state index is -1.65. The van der Waals surface area contributed by atoms with Crippen LogP contribution in [-0.2, 0) is 11.3 Å². The van der Waals surface area contributed by atoms with E-state index in [1.165, 1.54) is 0 Å². The molecular formula is C23H24Cl3N2O+. The van der Waals surface area contributed by atoms with Crippen molar-refractivity contribution in [2.75, 3.05) is 0 Å². The lowest BCUT2D eigenvalue weighted by molar-refractivity contribution is -0.707. The number of quaternary nitrogens is 1. The zero-order chi connectivity index (χ0) is 20.7. The van der Waals surface area contributed by atoms with Crippen molar-refractivity contribution in [3.8, 4) is 0 Å². The van der Waals surface area contributed by atoms with Gasteiger partial charge < -0.3 is 10.6 Å². The monoisotopic (exact) mass is 449 g/mol. The highest BCUT2D eigenvalue weighted by atomic mass is 35.6. The topological polar surface area (TPSA) is 45.7 Å². The molecule has 0 saturated heterocycles. The first-order valence-electron chi connectivity index (χ1n) is 9.61. The maximum atomic E-state index is 13.3. The van der Waals surface area contributed by atoms with Crippen LogP contribution in [0, 0.1) is 0 Å². The van der Waals surface area contributed by atoms with E-state index in [1.54, 1.807) is 0 Å². The van der Waals surface area contributed by atoms with Gasteiger partial charge in [-0.15, -0.1) is 0 Å². The number of nitrogens with one attached hydrogen (secondary N) is 1. The minimum absolute atomic E-state index is 0.186. The number of hydrogen-bond donors (Lipinski definition) is 2. The molecule has 0 heterocycles. The molecule has 3 rings (SSSR count). The van der Waals surface area contributed by atoms with Crippen LogP contribution in [0.1, 0.15) is 29.9 Å². The van der Waals surface area contributed by atoms with Crippen LogP contribution in [0.15, 0.2) is 84.5 Å². The molecule has 0 unspecified atom stereocenters. The maximum Gasteiger partial charge on any atom is 0.262 e. The molecule has 1 aliphatic carbocycles. The van der Waals surface area contributed by atoms with Crippen LogP contribution in [0.3, 0.4) is 0 Å². The molecule has 3 N–H and O–H groups in total. The third-order valence-corrected chi connectivity index (χ3v) is 5.54. The fourth-order valence-corrected chi connectivity index (χ4v) is 3.80. The highest BCUT2D eigenvalue weighted by molar-refractivity contribution is 6.68. The molecule has 6 heteroatoms. The SMILES string of the molecule is O=C(N[C@@H]([NH2+]Cc1ccccc1)C(Cl)(Cl)Cl)[C@@H](C1=CCCC=C1)c1ccccc1. The Bertz CT molecular complexity index is 861. The van der Waals surface area contributed by atoms with Gasteiger partial charge in [0.1, 0.15) is 6.54 Å². The zero-order valence-corrected chi connectivity index (χ0v) is 18.2. The Morgan fingerprint density at radius 2 is 1.66 bits per heavy atom. The van der Waals surface area contributed by atoms with E-state index in [0.717, 1.165) is 29.5 Å². The number of nitrogens with two attached hydrogens (primary N) is 1.